The molecule has 0 aromatic heterocycles. The number of hydrogen-bond acceptors (Lipinski definition) is 3. The van der Waals surface area contributed by atoms with E-state index in [0.29, 0.717) is 0 Å². The van der Waals surface area contributed by atoms with Gasteiger partial charge in [-0.15, -0.1) is 0 Å². The molecule has 2 N–H and O–H groups in total. The van der Waals surface area contributed by atoms with Gasteiger partial charge in [0.1, 0.15) is 6.54 Å². The van der Waals surface area contributed by atoms with Gasteiger partial charge in [-0.2, -0.15) is 0 Å². The third-order valence-corrected chi connectivity index (χ3v) is 3.94. The average molecular weight is 259 g/mol. The smallest absolute Gasteiger partial charge is 0.247 e. The van der Waals surface area contributed by atoms with Crippen molar-refractivity contribution < 1.29 is 9.59 Å². The number of nitrogens with two attached hydrogens (primary N) is 1. The summed E-state index contributed by atoms with van der Waals surface area (Å²) >= 11 is 0. The number of carbonyl (C=O) groups excluding carboxylic acids is 2. The molecule has 3 rings (SSSR count). The van der Waals surface area contributed by atoms with Crippen molar-refractivity contribution in [2.45, 2.75) is 18.4 Å². The van der Waals surface area contributed by atoms with Crippen LogP contribution < -0.4 is 10.6 Å². The first-order valence-corrected chi connectivity index (χ1v) is 6.43. The minimum Gasteiger partial charge on any atom is -0.335 e. The van der Waals surface area contributed by atoms with Crippen LogP contribution in [0.25, 0.3) is 0 Å². The molecule has 1 saturated heterocycles. The van der Waals surface area contributed by atoms with E-state index in [1.165, 1.54) is 9.80 Å². The number of hydrogen-bond donors (Lipinski definition) is 1. The summed E-state index contributed by atoms with van der Waals surface area (Å²) in [5, 5.41) is 0. The minimum absolute atomic E-state index is 0.0406. The van der Waals surface area contributed by atoms with E-state index >= 15 is 0 Å². The maximum Gasteiger partial charge on any atom is 0.247 e. The molecule has 0 spiro atoms. The van der Waals surface area contributed by atoms with E-state index in [4.69, 9.17) is 5.73 Å². The molecule has 1 heterocycles. The molecule has 5 heteroatoms. The Bertz CT molecular complexity index is 534. The quantitative estimate of drug-likeness (QED) is 0.838. The predicted molar refractivity (Wildman–Crippen MR) is 71.5 cm³/mol. The molecule has 1 saturated carbocycles. The number of likely N-dealkylation sites (N-methyl/N-ethyl adjacent to an activating group) is 1. The SMILES string of the molecule is CN1CC(=O)N(c2ccc(C3(N)CC3)cc2)CC1=O. The van der Waals surface area contributed by atoms with Gasteiger partial charge in [0.2, 0.25) is 11.8 Å². The Morgan fingerprint density at radius 2 is 1.68 bits per heavy atom. The number of rotatable bonds is 2. The van der Waals surface area contributed by atoms with Gasteiger partial charge in [-0.25, -0.2) is 0 Å². The average Bonchev–Trinajstić information content (AvgIpc) is 3.14. The van der Waals surface area contributed by atoms with Crippen LogP contribution in [-0.4, -0.2) is 36.9 Å². The van der Waals surface area contributed by atoms with Gasteiger partial charge in [-0.1, -0.05) is 12.1 Å². The zero-order chi connectivity index (χ0) is 13.6. The summed E-state index contributed by atoms with van der Waals surface area (Å²) in [6.45, 7) is 0.254. The van der Waals surface area contributed by atoms with Crippen molar-refractivity contribution in [3.8, 4) is 0 Å². The van der Waals surface area contributed by atoms with E-state index in [-0.39, 0.29) is 30.4 Å². The highest BCUT2D eigenvalue weighted by Gasteiger charge is 2.40. The zero-order valence-electron chi connectivity index (χ0n) is 10.9. The highest BCUT2D eigenvalue weighted by atomic mass is 16.2. The fourth-order valence-corrected chi connectivity index (χ4v) is 2.35. The largest absolute Gasteiger partial charge is 0.335 e. The van der Waals surface area contributed by atoms with E-state index in [1.54, 1.807) is 7.05 Å². The van der Waals surface area contributed by atoms with Crippen molar-refractivity contribution in [2.75, 3.05) is 25.0 Å². The van der Waals surface area contributed by atoms with E-state index in [0.717, 1.165) is 24.1 Å². The van der Waals surface area contributed by atoms with Gasteiger partial charge in [-0.3, -0.25) is 9.59 Å². The number of anilines is 1. The molecule has 2 aliphatic rings. The third kappa shape index (κ3) is 2.10. The summed E-state index contributed by atoms with van der Waals surface area (Å²) in [5.74, 6) is -0.0927. The lowest BCUT2D eigenvalue weighted by atomic mass is 10.1. The number of amides is 2. The van der Waals surface area contributed by atoms with Crippen LogP contribution in [0.4, 0.5) is 5.69 Å². The van der Waals surface area contributed by atoms with Gasteiger partial charge in [0, 0.05) is 18.3 Å². The highest BCUT2D eigenvalue weighted by Crippen LogP contribution is 2.42. The zero-order valence-corrected chi connectivity index (χ0v) is 10.9. The molecule has 2 fully saturated rings. The van der Waals surface area contributed by atoms with Crippen molar-refractivity contribution in [3.63, 3.8) is 0 Å². The van der Waals surface area contributed by atoms with Crippen molar-refractivity contribution in [3.05, 3.63) is 29.8 Å². The van der Waals surface area contributed by atoms with Gasteiger partial charge in [0.25, 0.3) is 0 Å². The first kappa shape index (κ1) is 12.2. The van der Waals surface area contributed by atoms with Gasteiger partial charge in [0.05, 0.1) is 6.54 Å². The van der Waals surface area contributed by atoms with Crippen LogP contribution in [0.1, 0.15) is 18.4 Å². The summed E-state index contributed by atoms with van der Waals surface area (Å²) < 4.78 is 0. The van der Waals surface area contributed by atoms with Gasteiger partial charge < -0.3 is 15.5 Å². The van der Waals surface area contributed by atoms with Crippen LogP contribution in [0.3, 0.4) is 0 Å². The Kier molecular flexibility index (Phi) is 2.60. The summed E-state index contributed by atoms with van der Waals surface area (Å²) in [6.07, 6.45) is 2.02. The lowest BCUT2D eigenvalue weighted by molar-refractivity contribution is -0.136. The van der Waals surface area contributed by atoms with E-state index in [1.807, 2.05) is 24.3 Å². The third-order valence-electron chi connectivity index (χ3n) is 3.94. The van der Waals surface area contributed by atoms with E-state index < -0.39 is 0 Å². The van der Waals surface area contributed by atoms with Gasteiger partial charge in [0.15, 0.2) is 0 Å². The monoisotopic (exact) mass is 259 g/mol. The van der Waals surface area contributed by atoms with Crippen LogP contribution in [-0.2, 0) is 15.1 Å². The first-order chi connectivity index (χ1) is 8.99. The normalized spacial score (nSPS) is 21.8. The molecule has 0 bridgehead atoms. The molecular formula is C14H17N3O2. The van der Waals surface area contributed by atoms with Crippen molar-refractivity contribution in [1.29, 1.82) is 0 Å². The molecule has 1 aliphatic heterocycles. The van der Waals surface area contributed by atoms with E-state index in [9.17, 15) is 9.59 Å². The molecule has 0 radical (unpaired) electrons. The number of carbonyl (C=O) groups is 2. The van der Waals surface area contributed by atoms with Crippen molar-refractivity contribution in [2.24, 2.45) is 5.73 Å². The minimum atomic E-state index is -0.166. The van der Waals surface area contributed by atoms with Crippen LogP contribution in [0.15, 0.2) is 24.3 Å². The number of benzene rings is 1. The van der Waals surface area contributed by atoms with Crippen LogP contribution >= 0.6 is 0 Å². The molecule has 1 aromatic rings. The molecule has 2 amide bonds. The van der Waals surface area contributed by atoms with Crippen LogP contribution in [0.5, 0.6) is 0 Å². The Balaban J connectivity index is 1.82. The highest BCUT2D eigenvalue weighted by molar-refractivity contribution is 6.04. The molecule has 5 nitrogen and oxygen atoms in total. The standard InChI is InChI=1S/C14H17N3O2/c1-16-8-13(19)17(9-12(16)18)11-4-2-10(3-5-11)14(15)6-7-14/h2-5H,6-9,15H2,1H3. The first-order valence-electron chi connectivity index (χ1n) is 6.43. The van der Waals surface area contributed by atoms with Gasteiger partial charge >= 0.3 is 0 Å². The Morgan fingerprint density at radius 1 is 1.05 bits per heavy atom. The second-order valence-corrected chi connectivity index (χ2v) is 5.43. The summed E-state index contributed by atoms with van der Waals surface area (Å²) in [4.78, 5) is 26.6. The lowest BCUT2D eigenvalue weighted by Crippen LogP contribution is -2.52. The van der Waals surface area contributed by atoms with Gasteiger partial charge in [-0.05, 0) is 30.5 Å². The maximum absolute atomic E-state index is 12.0. The van der Waals surface area contributed by atoms with Crippen LogP contribution in [0.2, 0.25) is 0 Å². The molecule has 100 valence electrons. The van der Waals surface area contributed by atoms with E-state index in [2.05, 4.69) is 0 Å². The maximum atomic E-state index is 12.0. The number of piperazine rings is 1. The second kappa shape index (κ2) is 4.06. The second-order valence-electron chi connectivity index (χ2n) is 5.43. The van der Waals surface area contributed by atoms with Crippen LogP contribution in [0, 0.1) is 0 Å². The molecule has 1 aliphatic carbocycles. The fraction of sp³-hybridized carbons (Fsp3) is 0.429. The summed E-state index contributed by atoms with van der Waals surface area (Å²) in [5.41, 5.74) is 7.82. The molecule has 0 unspecified atom stereocenters. The molecule has 1 aromatic carbocycles. The Labute approximate surface area is 112 Å². The molecule has 0 atom stereocenters. The number of nitrogens with zero attached hydrogens (tertiary/aromatic N) is 2. The Morgan fingerprint density at radius 3 is 2.26 bits per heavy atom. The summed E-state index contributed by atoms with van der Waals surface area (Å²) in [7, 11) is 1.64. The fourth-order valence-electron chi connectivity index (χ4n) is 2.35. The lowest BCUT2D eigenvalue weighted by Gasteiger charge is -2.31. The predicted octanol–water partition coefficient (Wildman–Crippen LogP) is 0.439. The topological polar surface area (TPSA) is 66.6 Å². The molecular weight excluding hydrogens is 242 g/mol. The van der Waals surface area contributed by atoms with Crippen molar-refractivity contribution >= 4 is 17.5 Å². The Hall–Kier alpha value is -1.88. The van der Waals surface area contributed by atoms with Crippen molar-refractivity contribution in [1.82, 2.24) is 4.90 Å². The molecule has 19 heavy (non-hydrogen) atoms. The summed E-state index contributed by atoms with van der Waals surface area (Å²) in [6, 6.07) is 7.66.